The van der Waals surface area contributed by atoms with E-state index in [2.05, 4.69) is 20.1 Å². The highest BCUT2D eigenvalue weighted by molar-refractivity contribution is 6.05. The molecule has 3 aromatic heterocycles. The first-order chi connectivity index (χ1) is 16.3. The number of aromatic nitrogens is 6. The Kier molecular flexibility index (Phi) is 6.23. The lowest BCUT2D eigenvalue weighted by Gasteiger charge is -2.23. The second-order valence-electron chi connectivity index (χ2n) is 7.70. The monoisotopic (exact) mass is 464 g/mol. The number of amides is 1. The highest BCUT2D eigenvalue weighted by Crippen LogP contribution is 2.20. The second-order valence-corrected chi connectivity index (χ2v) is 7.70. The van der Waals surface area contributed by atoms with E-state index < -0.39 is 17.2 Å². The van der Waals surface area contributed by atoms with Crippen LogP contribution in [0.2, 0.25) is 0 Å². The van der Waals surface area contributed by atoms with E-state index in [4.69, 9.17) is 10.5 Å². The van der Waals surface area contributed by atoms with Crippen molar-refractivity contribution in [1.29, 1.82) is 0 Å². The predicted molar refractivity (Wildman–Crippen MR) is 125 cm³/mol. The number of rotatable bonds is 7. The van der Waals surface area contributed by atoms with E-state index in [0.717, 1.165) is 21.9 Å². The molecular formula is C22H24N8O4. The van der Waals surface area contributed by atoms with E-state index >= 15 is 0 Å². The number of benzene rings is 1. The van der Waals surface area contributed by atoms with Gasteiger partial charge in [-0.05, 0) is 25.5 Å². The van der Waals surface area contributed by atoms with Gasteiger partial charge in [0.1, 0.15) is 5.82 Å². The number of nitrogen functional groups attached to an aromatic ring is 1. The highest BCUT2D eigenvalue weighted by atomic mass is 16.5. The maximum atomic E-state index is 13.5. The third kappa shape index (κ3) is 4.30. The average molecular weight is 464 g/mol. The van der Waals surface area contributed by atoms with Crippen molar-refractivity contribution < 1.29 is 9.53 Å². The maximum absolute atomic E-state index is 13.5. The maximum Gasteiger partial charge on any atom is 0.330 e. The van der Waals surface area contributed by atoms with Crippen molar-refractivity contribution in [3.8, 4) is 0 Å². The predicted octanol–water partition coefficient (Wildman–Crippen LogP) is 0.515. The summed E-state index contributed by atoms with van der Waals surface area (Å²) in [6, 6.07) is 10.9. The number of anilines is 2. The van der Waals surface area contributed by atoms with Gasteiger partial charge in [-0.25, -0.2) is 14.3 Å². The number of carbonyl (C=O) groups is 1. The van der Waals surface area contributed by atoms with E-state index in [1.54, 1.807) is 6.07 Å². The van der Waals surface area contributed by atoms with Crippen LogP contribution in [0.1, 0.15) is 27.6 Å². The average Bonchev–Trinajstić information content (AvgIpc) is 3.23. The molecule has 1 aromatic carbocycles. The minimum absolute atomic E-state index is 0.0207. The van der Waals surface area contributed by atoms with Gasteiger partial charge in [0.2, 0.25) is 5.82 Å². The summed E-state index contributed by atoms with van der Waals surface area (Å²) in [5.74, 6) is -0.752. The number of ether oxygens (including phenoxy) is 1. The molecular weight excluding hydrogens is 440 g/mol. The van der Waals surface area contributed by atoms with Gasteiger partial charge in [-0.2, -0.15) is 4.98 Å². The number of nitrogens with two attached hydrogens (primary N) is 1. The Morgan fingerprint density at radius 1 is 1.18 bits per heavy atom. The summed E-state index contributed by atoms with van der Waals surface area (Å²) in [4.78, 5) is 50.8. The van der Waals surface area contributed by atoms with Crippen molar-refractivity contribution in [1.82, 2.24) is 29.1 Å². The number of fused-ring (bicyclic) bond motifs is 1. The van der Waals surface area contributed by atoms with Crippen LogP contribution < -0.4 is 21.9 Å². The fourth-order valence-electron chi connectivity index (χ4n) is 3.64. The smallest absolute Gasteiger partial charge is 0.330 e. The summed E-state index contributed by atoms with van der Waals surface area (Å²) in [7, 11) is 1.46. The van der Waals surface area contributed by atoms with Crippen LogP contribution in [0.25, 0.3) is 5.78 Å². The molecule has 34 heavy (non-hydrogen) atoms. The largest absolute Gasteiger partial charge is 0.383 e. The van der Waals surface area contributed by atoms with Crippen molar-refractivity contribution >= 4 is 23.2 Å². The SMILES string of the molecule is COCCN(C(=O)c1nc2nc(C)cc(C)n2n1)c1c(N)n(Cc2ccccc2)c(=O)[nH]c1=O. The zero-order chi connectivity index (χ0) is 24.4. The molecule has 0 spiro atoms. The molecule has 176 valence electrons. The number of aromatic amines is 1. The van der Waals surface area contributed by atoms with E-state index in [-0.39, 0.29) is 42.8 Å². The van der Waals surface area contributed by atoms with Gasteiger partial charge in [0, 0.05) is 18.5 Å². The Labute approximate surface area is 193 Å². The number of H-pyrrole nitrogens is 1. The fraction of sp³-hybridized carbons (Fsp3) is 0.273. The molecule has 4 rings (SSSR count). The number of nitrogens with zero attached hydrogens (tertiary/aromatic N) is 6. The number of hydrogen-bond donors (Lipinski definition) is 2. The van der Waals surface area contributed by atoms with Crippen LogP contribution in [0.4, 0.5) is 11.5 Å². The van der Waals surface area contributed by atoms with Crippen LogP contribution >= 0.6 is 0 Å². The molecule has 1 amide bonds. The third-order valence-corrected chi connectivity index (χ3v) is 5.24. The number of nitrogens with one attached hydrogen (secondary N) is 1. The summed E-state index contributed by atoms with van der Waals surface area (Å²) in [5, 5.41) is 4.26. The van der Waals surface area contributed by atoms with E-state index in [1.807, 2.05) is 44.2 Å². The molecule has 0 aliphatic heterocycles. The van der Waals surface area contributed by atoms with Crippen molar-refractivity contribution in [3.63, 3.8) is 0 Å². The molecule has 0 aliphatic rings. The van der Waals surface area contributed by atoms with Gasteiger partial charge in [0.05, 0.1) is 19.7 Å². The Morgan fingerprint density at radius 2 is 1.91 bits per heavy atom. The summed E-state index contributed by atoms with van der Waals surface area (Å²) < 4.78 is 7.77. The molecule has 0 unspecified atom stereocenters. The summed E-state index contributed by atoms with van der Waals surface area (Å²) in [6.07, 6.45) is 0. The summed E-state index contributed by atoms with van der Waals surface area (Å²) in [6.45, 7) is 3.82. The number of hydrogen-bond acceptors (Lipinski definition) is 8. The molecule has 0 saturated carbocycles. The van der Waals surface area contributed by atoms with Crippen molar-refractivity contribution in [2.24, 2.45) is 0 Å². The summed E-state index contributed by atoms with van der Waals surface area (Å²) >= 11 is 0. The first kappa shape index (κ1) is 22.9. The molecule has 4 aromatic rings. The van der Waals surface area contributed by atoms with Gasteiger partial charge in [-0.1, -0.05) is 30.3 Å². The Balaban J connectivity index is 1.82. The molecule has 0 radical (unpaired) electrons. The minimum atomic E-state index is -0.801. The van der Waals surface area contributed by atoms with Crippen molar-refractivity contribution in [3.05, 3.63) is 80.0 Å². The van der Waals surface area contributed by atoms with Crippen LogP contribution in [-0.4, -0.2) is 55.3 Å². The first-order valence-corrected chi connectivity index (χ1v) is 10.5. The highest BCUT2D eigenvalue weighted by Gasteiger charge is 2.28. The molecule has 3 N–H and O–H groups in total. The zero-order valence-electron chi connectivity index (χ0n) is 19.0. The minimum Gasteiger partial charge on any atom is -0.383 e. The Hall–Kier alpha value is -4.32. The fourth-order valence-corrected chi connectivity index (χ4v) is 3.64. The molecule has 0 saturated heterocycles. The molecule has 12 heteroatoms. The van der Waals surface area contributed by atoms with E-state index in [9.17, 15) is 14.4 Å². The number of carbonyl (C=O) groups excluding carboxylic acids is 1. The molecule has 0 aliphatic carbocycles. The van der Waals surface area contributed by atoms with Crippen LogP contribution in [0.5, 0.6) is 0 Å². The zero-order valence-corrected chi connectivity index (χ0v) is 19.0. The molecule has 0 atom stereocenters. The van der Waals surface area contributed by atoms with Crippen LogP contribution in [0.3, 0.4) is 0 Å². The van der Waals surface area contributed by atoms with E-state index in [0.29, 0.717) is 0 Å². The van der Waals surface area contributed by atoms with Gasteiger partial charge in [-0.3, -0.25) is 24.0 Å². The van der Waals surface area contributed by atoms with Gasteiger partial charge in [0.25, 0.3) is 17.2 Å². The van der Waals surface area contributed by atoms with Gasteiger partial charge in [0.15, 0.2) is 5.69 Å². The normalized spacial score (nSPS) is 11.1. The van der Waals surface area contributed by atoms with Gasteiger partial charge < -0.3 is 10.5 Å². The lowest BCUT2D eigenvalue weighted by molar-refractivity contribution is 0.0966. The number of aryl methyl sites for hydroxylation is 2. The van der Waals surface area contributed by atoms with Gasteiger partial charge >= 0.3 is 5.69 Å². The molecule has 3 heterocycles. The van der Waals surface area contributed by atoms with Crippen LogP contribution in [0, 0.1) is 13.8 Å². The molecule has 12 nitrogen and oxygen atoms in total. The van der Waals surface area contributed by atoms with Crippen molar-refractivity contribution in [2.75, 3.05) is 30.9 Å². The van der Waals surface area contributed by atoms with Gasteiger partial charge in [-0.15, -0.1) is 5.10 Å². The lowest BCUT2D eigenvalue weighted by Crippen LogP contribution is -2.43. The number of methoxy groups -OCH3 is 1. The van der Waals surface area contributed by atoms with Crippen LogP contribution in [0.15, 0.2) is 46.0 Å². The molecule has 0 bridgehead atoms. The first-order valence-electron chi connectivity index (χ1n) is 10.5. The molecule has 0 fully saturated rings. The topological polar surface area (TPSA) is 153 Å². The van der Waals surface area contributed by atoms with Crippen molar-refractivity contribution in [2.45, 2.75) is 20.4 Å². The summed E-state index contributed by atoms with van der Waals surface area (Å²) in [5.41, 5.74) is 6.88. The van der Waals surface area contributed by atoms with E-state index in [1.165, 1.54) is 16.2 Å². The third-order valence-electron chi connectivity index (χ3n) is 5.24. The standard InChI is InChI=1S/C22H24N8O4/c1-13-11-14(2)30-21(24-13)25-18(27-30)20(32)28(9-10-34-3)16-17(23)29(22(33)26-19(16)31)12-15-7-5-4-6-8-15/h4-8,11H,9-10,12,23H2,1-3H3,(H,26,31,33). The lowest BCUT2D eigenvalue weighted by atomic mass is 10.2. The second kappa shape index (κ2) is 9.27. The Morgan fingerprint density at radius 3 is 2.62 bits per heavy atom. The van der Waals surface area contributed by atoms with Crippen LogP contribution in [-0.2, 0) is 11.3 Å². The Bertz CT molecular complexity index is 1470. The quantitative estimate of drug-likeness (QED) is 0.401.